The molecule has 3 N–H and O–H groups in total. The Kier molecular flexibility index (Phi) is 6.86. The fraction of sp³-hybridized carbons (Fsp3) is 0.160. The van der Waals surface area contributed by atoms with Crippen molar-refractivity contribution in [2.75, 3.05) is 6.54 Å². The molecule has 1 atom stereocenters. The van der Waals surface area contributed by atoms with Crippen molar-refractivity contribution in [3.05, 3.63) is 96.1 Å². The molecule has 0 bridgehead atoms. The maximum absolute atomic E-state index is 10.9. The summed E-state index contributed by atoms with van der Waals surface area (Å²) in [6.45, 7) is 0.626. The van der Waals surface area contributed by atoms with Crippen molar-refractivity contribution in [1.29, 1.82) is 0 Å². The van der Waals surface area contributed by atoms with Gasteiger partial charge in [-0.1, -0.05) is 78.9 Å². The molecule has 0 amide bonds. The van der Waals surface area contributed by atoms with Crippen LogP contribution in [0.2, 0.25) is 0 Å². The van der Waals surface area contributed by atoms with Crippen LogP contribution in [-0.2, 0) is 6.42 Å². The van der Waals surface area contributed by atoms with Crippen molar-refractivity contribution in [3.63, 3.8) is 0 Å². The molecule has 4 rings (SSSR count). The number of halogens is 1. The second-order valence-electron chi connectivity index (χ2n) is 7.06. The molecule has 4 aromatic carbocycles. The summed E-state index contributed by atoms with van der Waals surface area (Å²) in [5, 5.41) is 15.4. The van der Waals surface area contributed by atoms with E-state index in [0.717, 1.165) is 28.1 Å². The van der Waals surface area contributed by atoms with Crippen LogP contribution in [0, 0.1) is 0 Å². The van der Waals surface area contributed by atoms with E-state index in [9.17, 15) is 5.11 Å². The van der Waals surface area contributed by atoms with E-state index in [-0.39, 0.29) is 12.4 Å². The molecule has 0 saturated heterocycles. The maximum Gasteiger partial charge on any atom is 0.0966 e. The van der Waals surface area contributed by atoms with E-state index >= 15 is 0 Å². The summed E-state index contributed by atoms with van der Waals surface area (Å²) < 4.78 is 0. The molecule has 4 heteroatoms. The number of hydrogen-bond acceptors (Lipinski definition) is 2. The number of fused-ring (bicyclic) bond motifs is 3. The third-order valence-electron chi connectivity index (χ3n) is 5.12. The predicted octanol–water partition coefficient (Wildman–Crippen LogP) is 5.44. The van der Waals surface area contributed by atoms with E-state index < -0.39 is 6.10 Å². The fourth-order valence-electron chi connectivity index (χ4n) is 3.70. The lowest BCUT2D eigenvalue weighted by atomic mass is 9.93. The van der Waals surface area contributed by atoms with Gasteiger partial charge >= 0.3 is 0 Å². The van der Waals surface area contributed by atoms with Crippen LogP contribution in [0.15, 0.2) is 89.9 Å². The van der Waals surface area contributed by atoms with E-state index in [1.165, 1.54) is 10.9 Å². The molecular weight excluding hydrogens is 380 g/mol. The average Bonchev–Trinajstić information content (AvgIpc) is 2.74. The van der Waals surface area contributed by atoms with E-state index in [1.807, 2.05) is 42.5 Å². The smallest absolute Gasteiger partial charge is 0.0966 e. The molecule has 0 aromatic heterocycles. The quantitative estimate of drug-likeness (QED) is 0.255. The molecule has 0 fully saturated rings. The van der Waals surface area contributed by atoms with Gasteiger partial charge in [-0.3, -0.25) is 4.99 Å². The number of hydrogen-bond donors (Lipinski definition) is 2. The van der Waals surface area contributed by atoms with Crippen LogP contribution in [0.25, 0.3) is 21.5 Å². The lowest BCUT2D eigenvalue weighted by molar-refractivity contribution is 0.187. The van der Waals surface area contributed by atoms with Crippen molar-refractivity contribution in [2.45, 2.75) is 18.9 Å². The average molecular weight is 405 g/mol. The summed E-state index contributed by atoms with van der Waals surface area (Å²) in [6.07, 6.45) is 0.489. The summed E-state index contributed by atoms with van der Waals surface area (Å²) in [5.41, 5.74) is 8.26. The summed E-state index contributed by atoms with van der Waals surface area (Å²) in [5.74, 6) is 0.487. The lowest BCUT2D eigenvalue weighted by Crippen LogP contribution is -2.17. The zero-order chi connectivity index (χ0) is 19.3. The molecule has 0 aliphatic rings. The van der Waals surface area contributed by atoms with Crippen molar-refractivity contribution in [3.8, 4) is 0 Å². The Morgan fingerprint density at radius 1 is 0.828 bits per heavy atom. The van der Waals surface area contributed by atoms with Gasteiger partial charge in [0.15, 0.2) is 0 Å². The van der Waals surface area contributed by atoms with Gasteiger partial charge in [0.2, 0.25) is 0 Å². The van der Waals surface area contributed by atoms with Crippen LogP contribution in [0.4, 0.5) is 0 Å². The number of aliphatic imine (C=N–C) groups is 1. The van der Waals surface area contributed by atoms with Gasteiger partial charge in [0, 0.05) is 13.0 Å². The van der Waals surface area contributed by atoms with Gasteiger partial charge in [0.1, 0.15) is 0 Å². The Morgan fingerprint density at radius 2 is 1.45 bits per heavy atom. The summed E-state index contributed by atoms with van der Waals surface area (Å²) in [4.78, 5) is 4.46. The van der Waals surface area contributed by atoms with Crippen LogP contribution < -0.4 is 5.73 Å². The number of benzene rings is 4. The Morgan fingerprint density at radius 3 is 2.21 bits per heavy atom. The van der Waals surface area contributed by atoms with Crippen molar-refractivity contribution in [2.24, 2.45) is 10.7 Å². The fourth-order valence-corrected chi connectivity index (χ4v) is 3.70. The second-order valence-corrected chi connectivity index (χ2v) is 7.06. The van der Waals surface area contributed by atoms with Gasteiger partial charge in [-0.25, -0.2) is 0 Å². The van der Waals surface area contributed by atoms with Gasteiger partial charge in [-0.2, -0.15) is 0 Å². The van der Waals surface area contributed by atoms with Gasteiger partial charge < -0.3 is 10.8 Å². The third kappa shape index (κ3) is 4.76. The monoisotopic (exact) mass is 404 g/mol. The van der Waals surface area contributed by atoms with Crippen LogP contribution >= 0.6 is 12.4 Å². The van der Waals surface area contributed by atoms with Crippen molar-refractivity contribution in [1.82, 2.24) is 0 Å². The Bertz CT molecular complexity index is 1130. The van der Waals surface area contributed by atoms with E-state index in [0.29, 0.717) is 18.8 Å². The van der Waals surface area contributed by atoms with Crippen LogP contribution in [-0.4, -0.2) is 17.5 Å². The van der Waals surface area contributed by atoms with Crippen LogP contribution in [0.1, 0.15) is 23.7 Å². The van der Waals surface area contributed by atoms with E-state index in [4.69, 9.17) is 5.73 Å². The highest BCUT2D eigenvalue weighted by Gasteiger charge is 2.15. The predicted molar refractivity (Wildman–Crippen MR) is 125 cm³/mol. The number of aliphatic hydroxyl groups excluding tert-OH is 1. The molecule has 0 aliphatic heterocycles. The topological polar surface area (TPSA) is 58.6 Å². The summed E-state index contributed by atoms with van der Waals surface area (Å²) in [6, 6.07) is 28.8. The molecule has 3 nitrogen and oxygen atoms in total. The van der Waals surface area contributed by atoms with Gasteiger partial charge in [0.25, 0.3) is 0 Å². The number of nitrogens with zero attached hydrogens (tertiary/aromatic N) is 1. The van der Waals surface area contributed by atoms with Gasteiger partial charge in [-0.15, -0.1) is 12.4 Å². The van der Waals surface area contributed by atoms with Gasteiger partial charge in [0.05, 0.1) is 11.9 Å². The highest BCUT2D eigenvalue weighted by molar-refractivity contribution is 6.09. The number of nitrogens with two attached hydrogens (primary N) is 1. The Hall–Kier alpha value is -2.88. The highest BCUT2D eigenvalue weighted by atomic mass is 35.5. The first-order valence-electron chi connectivity index (χ1n) is 9.63. The molecular formula is C25H25ClN2O. The standard InChI is InChI=1S/C25H24N2O.ClH/c26-25(27-15-14-18-8-2-1-3-9-18)17-24(28)23-16-19-10-4-5-11-20(19)21-12-6-7-13-22(21)23;/h1-13,16,24,28H,14-15,17H2,(H2,26,27);1H. The van der Waals surface area contributed by atoms with Crippen molar-refractivity contribution >= 4 is 39.8 Å². The first-order chi connectivity index (χ1) is 13.7. The van der Waals surface area contributed by atoms with Crippen LogP contribution in [0.5, 0.6) is 0 Å². The largest absolute Gasteiger partial charge is 0.388 e. The van der Waals surface area contributed by atoms with Crippen molar-refractivity contribution < 1.29 is 5.11 Å². The second kappa shape index (κ2) is 9.55. The van der Waals surface area contributed by atoms with Crippen LogP contribution in [0.3, 0.4) is 0 Å². The Labute approximate surface area is 177 Å². The molecule has 4 aromatic rings. The SMILES string of the molecule is Cl.NC(CC(O)c1cc2ccccc2c2ccccc12)=NCCc1ccccc1. The minimum absolute atomic E-state index is 0. The van der Waals surface area contributed by atoms with Gasteiger partial charge in [-0.05, 0) is 45.2 Å². The number of aliphatic hydroxyl groups is 1. The molecule has 148 valence electrons. The summed E-state index contributed by atoms with van der Waals surface area (Å²) >= 11 is 0. The number of rotatable bonds is 6. The van der Waals surface area contributed by atoms with E-state index in [1.54, 1.807) is 0 Å². The number of amidine groups is 1. The first-order valence-corrected chi connectivity index (χ1v) is 9.63. The zero-order valence-electron chi connectivity index (χ0n) is 16.2. The first kappa shape index (κ1) is 20.8. The minimum Gasteiger partial charge on any atom is -0.388 e. The minimum atomic E-state index is -0.685. The molecule has 0 radical (unpaired) electrons. The zero-order valence-corrected chi connectivity index (χ0v) is 17.0. The Balaban J connectivity index is 0.00000240. The molecule has 1 unspecified atom stereocenters. The third-order valence-corrected chi connectivity index (χ3v) is 5.12. The molecule has 29 heavy (non-hydrogen) atoms. The summed E-state index contributed by atoms with van der Waals surface area (Å²) in [7, 11) is 0. The lowest BCUT2D eigenvalue weighted by Gasteiger charge is -2.16. The normalized spacial score (nSPS) is 12.7. The molecule has 0 aliphatic carbocycles. The maximum atomic E-state index is 10.9. The molecule has 0 saturated carbocycles. The van der Waals surface area contributed by atoms with E-state index in [2.05, 4.69) is 47.5 Å². The molecule has 0 heterocycles. The highest BCUT2D eigenvalue weighted by Crippen LogP contribution is 2.32. The molecule has 0 spiro atoms.